The van der Waals surface area contributed by atoms with Crippen LogP contribution in [0.2, 0.25) is 0 Å². The third kappa shape index (κ3) is 10.3. The third-order valence-electron chi connectivity index (χ3n) is 7.87. The predicted octanol–water partition coefficient (Wildman–Crippen LogP) is 5.42. The van der Waals surface area contributed by atoms with E-state index >= 15 is 0 Å². The fourth-order valence-electron chi connectivity index (χ4n) is 4.99. The zero-order valence-corrected chi connectivity index (χ0v) is 28.9. The lowest BCUT2D eigenvalue weighted by Gasteiger charge is -2.11. The topological polar surface area (TPSA) is 243 Å². The van der Waals surface area contributed by atoms with Crippen LogP contribution < -0.4 is 26.6 Å². The number of carboxylic acid groups (broad SMARTS) is 1. The third-order valence-corrected chi connectivity index (χ3v) is 7.87. The first-order valence-corrected chi connectivity index (χ1v) is 16.3. The Hall–Kier alpha value is -7.94. The number of nitrogens with one attached hydrogen (secondary N) is 5. The highest BCUT2D eigenvalue weighted by Gasteiger charge is 2.16. The van der Waals surface area contributed by atoms with Gasteiger partial charge in [0.05, 0.1) is 12.1 Å². The number of carboxylic acids is 1. The molecule has 0 spiro atoms. The van der Waals surface area contributed by atoms with Crippen molar-refractivity contribution < 1.29 is 49.2 Å². The Morgan fingerprint density at radius 2 is 1.04 bits per heavy atom. The smallest absolute Gasteiger partial charge is 0.339 e. The summed E-state index contributed by atoms with van der Waals surface area (Å²) in [6, 6.07) is 25.6. The van der Waals surface area contributed by atoms with Gasteiger partial charge in [0, 0.05) is 51.6 Å². The summed E-state index contributed by atoms with van der Waals surface area (Å²) < 4.78 is 0. The molecule has 55 heavy (non-hydrogen) atoms. The van der Waals surface area contributed by atoms with Crippen molar-refractivity contribution in [2.24, 2.45) is 0 Å². The van der Waals surface area contributed by atoms with E-state index < -0.39 is 41.1 Å². The molecule has 0 bridgehead atoms. The standard InChI is InChI=1S/C40H33N5O10/c1-22(18-23-2-14-30(46)15-3-23)36(50)43-27-10-4-24(5-11-27)37(51)41-21-35(49)42-26-8-6-25(7-9-26)38(52)44-28-12-16-31(33(47)19-28)39(53)45-29-13-17-32(40(54)55)34(48)20-29/h2-20,46-48H,21H2,1H3,(H,41,51)(H,42,49)(H,43,50)(H,44,52)(H,45,53)(H,54,55)/b22-18+. The Morgan fingerprint density at radius 3 is 1.58 bits per heavy atom. The first-order chi connectivity index (χ1) is 26.2. The van der Waals surface area contributed by atoms with Gasteiger partial charge in [0.15, 0.2) is 0 Å². The average molecular weight is 744 g/mol. The summed E-state index contributed by atoms with van der Waals surface area (Å²) in [6.45, 7) is 1.30. The van der Waals surface area contributed by atoms with Crippen LogP contribution in [0.3, 0.4) is 0 Å². The molecule has 278 valence electrons. The van der Waals surface area contributed by atoms with E-state index in [0.717, 1.165) is 23.8 Å². The van der Waals surface area contributed by atoms with Crippen molar-refractivity contribution in [3.05, 3.63) is 143 Å². The summed E-state index contributed by atoms with van der Waals surface area (Å²) in [5.74, 6) is -4.93. The highest BCUT2D eigenvalue weighted by Crippen LogP contribution is 2.26. The number of aromatic hydroxyl groups is 3. The molecule has 0 fully saturated rings. The number of benzene rings is 5. The number of anilines is 4. The number of carbonyl (C=O) groups excluding carboxylic acids is 5. The van der Waals surface area contributed by atoms with Gasteiger partial charge < -0.3 is 47.0 Å². The van der Waals surface area contributed by atoms with Crippen molar-refractivity contribution >= 4 is 64.3 Å². The van der Waals surface area contributed by atoms with Crippen LogP contribution in [0.25, 0.3) is 6.08 Å². The second kappa shape index (κ2) is 17.1. The molecule has 0 atom stereocenters. The lowest BCUT2D eigenvalue weighted by molar-refractivity contribution is -0.115. The molecule has 0 saturated carbocycles. The zero-order chi connectivity index (χ0) is 39.6. The maximum atomic E-state index is 12.8. The van der Waals surface area contributed by atoms with E-state index in [1.54, 1.807) is 37.3 Å². The van der Waals surface area contributed by atoms with Gasteiger partial charge in [-0.15, -0.1) is 0 Å². The van der Waals surface area contributed by atoms with Crippen LogP contribution in [0.1, 0.15) is 53.9 Å². The maximum absolute atomic E-state index is 12.8. The van der Waals surface area contributed by atoms with Crippen molar-refractivity contribution in [1.29, 1.82) is 0 Å². The summed E-state index contributed by atoms with van der Waals surface area (Å²) in [5, 5.41) is 51.6. The number of hydrogen-bond donors (Lipinski definition) is 9. The Bertz CT molecular complexity index is 2320. The molecule has 0 heterocycles. The van der Waals surface area contributed by atoms with Crippen molar-refractivity contribution in [3.8, 4) is 17.2 Å². The van der Waals surface area contributed by atoms with E-state index in [9.17, 15) is 44.1 Å². The molecule has 0 aliphatic heterocycles. The van der Waals surface area contributed by atoms with E-state index in [0.29, 0.717) is 16.9 Å². The SMILES string of the molecule is C/C(=C\c1ccc(O)cc1)C(=O)Nc1ccc(C(=O)NCC(=O)Nc2ccc(C(=O)Nc3ccc(C(=O)Nc4ccc(C(=O)O)c(O)c4)c(O)c3)cc2)cc1. The summed E-state index contributed by atoms with van der Waals surface area (Å²) in [4.78, 5) is 74.2. The summed E-state index contributed by atoms with van der Waals surface area (Å²) in [5.41, 5.74) is 2.21. The second-order valence-corrected chi connectivity index (χ2v) is 11.9. The molecule has 0 aromatic heterocycles. The number of hydrogen-bond acceptors (Lipinski definition) is 9. The number of phenols is 3. The van der Waals surface area contributed by atoms with Gasteiger partial charge in [-0.2, -0.15) is 0 Å². The molecule has 0 unspecified atom stereocenters. The van der Waals surface area contributed by atoms with E-state index in [4.69, 9.17) is 5.11 Å². The molecule has 15 nitrogen and oxygen atoms in total. The van der Waals surface area contributed by atoms with Crippen molar-refractivity contribution in [2.75, 3.05) is 27.8 Å². The number of phenolic OH excluding ortho intramolecular Hbond substituents is 2. The Kier molecular flexibility index (Phi) is 11.9. The molecule has 5 aromatic rings. The Balaban J connectivity index is 1.07. The normalized spacial score (nSPS) is 10.8. The highest BCUT2D eigenvalue weighted by molar-refractivity contribution is 6.09. The summed E-state index contributed by atoms with van der Waals surface area (Å²) in [6.07, 6.45) is 1.67. The van der Waals surface area contributed by atoms with Gasteiger partial charge in [0.25, 0.3) is 23.6 Å². The number of aromatic carboxylic acids is 1. The van der Waals surface area contributed by atoms with Crippen molar-refractivity contribution in [1.82, 2.24) is 5.32 Å². The molecule has 5 amide bonds. The first kappa shape index (κ1) is 38.3. The van der Waals surface area contributed by atoms with E-state index in [1.165, 1.54) is 66.7 Å². The quantitative estimate of drug-likeness (QED) is 0.0735. The molecule has 5 aromatic carbocycles. The largest absolute Gasteiger partial charge is 0.508 e. The molecule has 5 rings (SSSR count). The van der Waals surface area contributed by atoms with Gasteiger partial charge in [0.2, 0.25) is 5.91 Å². The van der Waals surface area contributed by atoms with Crippen LogP contribution in [-0.4, -0.2) is 62.5 Å². The lowest BCUT2D eigenvalue weighted by atomic mass is 10.1. The van der Waals surface area contributed by atoms with Crippen LogP contribution in [0, 0.1) is 0 Å². The molecular formula is C40H33N5O10. The molecule has 0 aliphatic carbocycles. The van der Waals surface area contributed by atoms with Gasteiger partial charge in [-0.05, 0) is 103 Å². The molecule has 15 heteroatoms. The van der Waals surface area contributed by atoms with Crippen LogP contribution in [-0.2, 0) is 9.59 Å². The highest BCUT2D eigenvalue weighted by atomic mass is 16.4. The van der Waals surface area contributed by atoms with E-state index in [2.05, 4.69) is 26.6 Å². The van der Waals surface area contributed by atoms with Gasteiger partial charge in [-0.1, -0.05) is 12.1 Å². The first-order valence-electron chi connectivity index (χ1n) is 16.3. The molecule has 9 N–H and O–H groups in total. The van der Waals surface area contributed by atoms with E-state index in [-0.39, 0.29) is 51.8 Å². The number of amides is 5. The minimum atomic E-state index is -1.34. The van der Waals surface area contributed by atoms with Crippen molar-refractivity contribution in [2.45, 2.75) is 6.92 Å². The van der Waals surface area contributed by atoms with Gasteiger partial charge in [-0.25, -0.2) is 4.79 Å². The Labute approximate surface area is 313 Å². The second-order valence-electron chi connectivity index (χ2n) is 11.9. The summed E-state index contributed by atoms with van der Waals surface area (Å²) in [7, 11) is 0. The van der Waals surface area contributed by atoms with Crippen LogP contribution in [0.5, 0.6) is 17.2 Å². The zero-order valence-electron chi connectivity index (χ0n) is 28.9. The monoisotopic (exact) mass is 743 g/mol. The van der Waals surface area contributed by atoms with Crippen molar-refractivity contribution in [3.63, 3.8) is 0 Å². The number of carbonyl (C=O) groups is 6. The average Bonchev–Trinajstić information content (AvgIpc) is 3.15. The summed E-state index contributed by atoms with van der Waals surface area (Å²) >= 11 is 0. The lowest BCUT2D eigenvalue weighted by Crippen LogP contribution is -2.32. The van der Waals surface area contributed by atoms with Crippen LogP contribution in [0.4, 0.5) is 22.7 Å². The van der Waals surface area contributed by atoms with Gasteiger partial charge >= 0.3 is 5.97 Å². The maximum Gasteiger partial charge on any atom is 0.339 e. The van der Waals surface area contributed by atoms with E-state index in [1.807, 2.05) is 0 Å². The molecular weight excluding hydrogens is 710 g/mol. The molecule has 0 radical (unpaired) electrons. The minimum absolute atomic E-state index is 0.0907. The van der Waals surface area contributed by atoms with Gasteiger partial charge in [0.1, 0.15) is 22.8 Å². The van der Waals surface area contributed by atoms with Gasteiger partial charge in [-0.3, -0.25) is 24.0 Å². The minimum Gasteiger partial charge on any atom is -0.508 e. The number of rotatable bonds is 12. The molecule has 0 aliphatic rings. The Morgan fingerprint density at radius 1 is 0.545 bits per heavy atom. The van der Waals surface area contributed by atoms with Crippen LogP contribution >= 0.6 is 0 Å². The predicted molar refractivity (Wildman–Crippen MR) is 203 cm³/mol. The fraction of sp³-hybridized carbons (Fsp3) is 0.0500. The molecule has 0 saturated heterocycles. The fourth-order valence-corrected chi connectivity index (χ4v) is 4.99. The van der Waals surface area contributed by atoms with Crippen LogP contribution in [0.15, 0.2) is 115 Å².